The van der Waals surface area contributed by atoms with Gasteiger partial charge in [-0.1, -0.05) is 35.9 Å². The summed E-state index contributed by atoms with van der Waals surface area (Å²) in [5, 5.41) is 0. The molecule has 2 heterocycles. The van der Waals surface area contributed by atoms with E-state index in [0.29, 0.717) is 5.56 Å². The van der Waals surface area contributed by atoms with Gasteiger partial charge in [0.05, 0.1) is 18.3 Å². The summed E-state index contributed by atoms with van der Waals surface area (Å²) in [4.78, 5) is 17.7. The highest BCUT2D eigenvalue weighted by Gasteiger charge is 2.30. The van der Waals surface area contributed by atoms with Crippen LogP contribution in [0.3, 0.4) is 0 Å². The smallest absolute Gasteiger partial charge is 0.339 e. The Kier molecular flexibility index (Phi) is 4.73. The van der Waals surface area contributed by atoms with Crippen LogP contribution in [0.1, 0.15) is 46.5 Å². The molecule has 4 heteroatoms. The lowest BCUT2D eigenvalue weighted by Crippen LogP contribution is -2.46. The molecule has 4 nitrogen and oxygen atoms in total. The van der Waals surface area contributed by atoms with Gasteiger partial charge in [0.1, 0.15) is 0 Å². The van der Waals surface area contributed by atoms with Gasteiger partial charge in [0, 0.05) is 24.5 Å². The third-order valence-electron chi connectivity index (χ3n) is 6.18. The molecule has 31 heavy (non-hydrogen) atoms. The van der Waals surface area contributed by atoms with Crippen molar-refractivity contribution in [3.63, 3.8) is 0 Å². The largest absolute Gasteiger partial charge is 0.459 e. The Morgan fingerprint density at radius 3 is 2.29 bits per heavy atom. The Morgan fingerprint density at radius 2 is 1.58 bits per heavy atom. The first-order valence-electron chi connectivity index (χ1n) is 10.9. The molecule has 0 aliphatic carbocycles. The molecule has 0 fully saturated rings. The van der Waals surface area contributed by atoms with Gasteiger partial charge in [-0.05, 0) is 79.8 Å². The van der Waals surface area contributed by atoms with Crippen molar-refractivity contribution in [3.8, 4) is 11.1 Å². The van der Waals surface area contributed by atoms with Crippen LogP contribution < -0.4 is 9.80 Å². The lowest BCUT2D eigenvalue weighted by Gasteiger charge is -2.45. The Hall–Kier alpha value is -3.27. The van der Waals surface area contributed by atoms with Crippen LogP contribution in [0.15, 0.2) is 54.6 Å². The zero-order chi connectivity index (χ0) is 21.7. The zero-order valence-electron chi connectivity index (χ0n) is 18.6. The van der Waals surface area contributed by atoms with Crippen LogP contribution in [0.2, 0.25) is 0 Å². The fourth-order valence-corrected chi connectivity index (χ4v) is 4.86. The summed E-state index contributed by atoms with van der Waals surface area (Å²) in [7, 11) is 0. The van der Waals surface area contributed by atoms with Crippen LogP contribution in [0.25, 0.3) is 11.1 Å². The Bertz CT molecular complexity index is 1180. The number of hydrogen-bond acceptors (Lipinski definition) is 4. The molecule has 3 aromatic rings. The van der Waals surface area contributed by atoms with Gasteiger partial charge in [-0.15, -0.1) is 0 Å². The molecule has 0 spiro atoms. The molecule has 0 saturated heterocycles. The quantitative estimate of drug-likeness (QED) is 0.507. The van der Waals surface area contributed by atoms with Gasteiger partial charge in [-0.2, -0.15) is 0 Å². The first-order chi connectivity index (χ1) is 14.9. The van der Waals surface area contributed by atoms with Gasteiger partial charge in [0.25, 0.3) is 0 Å². The number of rotatable bonds is 3. The number of fused-ring (bicyclic) bond motifs is 6. The van der Waals surface area contributed by atoms with Crippen LogP contribution >= 0.6 is 0 Å². The van der Waals surface area contributed by atoms with E-state index in [4.69, 9.17) is 4.74 Å². The molecule has 2 bridgehead atoms. The number of carbonyl (C=O) groups excluding carboxylic acids is 1. The first kappa shape index (κ1) is 19.7. The molecule has 0 atom stereocenters. The molecule has 0 N–H and O–H groups in total. The molecule has 5 rings (SSSR count). The molecular formula is C27H28N2O2. The number of nitrogens with zero attached hydrogens (tertiary/aromatic N) is 2. The monoisotopic (exact) mass is 412 g/mol. The van der Waals surface area contributed by atoms with E-state index in [1.54, 1.807) is 0 Å². The maximum atomic E-state index is 12.8. The lowest BCUT2D eigenvalue weighted by atomic mass is 9.92. The van der Waals surface area contributed by atoms with Gasteiger partial charge in [-0.25, -0.2) is 4.79 Å². The molecule has 158 valence electrons. The number of ether oxygens (including phenoxy) is 1. The molecule has 0 aromatic heterocycles. The van der Waals surface area contributed by atoms with Crippen LogP contribution in [-0.4, -0.2) is 18.7 Å². The maximum absolute atomic E-state index is 12.8. The van der Waals surface area contributed by atoms with Gasteiger partial charge in [0.2, 0.25) is 0 Å². The van der Waals surface area contributed by atoms with Crippen molar-refractivity contribution in [2.45, 2.75) is 46.9 Å². The van der Waals surface area contributed by atoms with E-state index in [2.05, 4.69) is 66.1 Å². The van der Waals surface area contributed by atoms with Gasteiger partial charge in [-0.3, -0.25) is 0 Å². The first-order valence-corrected chi connectivity index (χ1v) is 10.9. The summed E-state index contributed by atoms with van der Waals surface area (Å²) in [6.45, 7) is 10.7. The molecular weight excluding hydrogens is 384 g/mol. The minimum absolute atomic E-state index is 0.145. The summed E-state index contributed by atoms with van der Waals surface area (Å²) < 4.78 is 5.52. The summed E-state index contributed by atoms with van der Waals surface area (Å²) in [5.41, 5.74) is 10.3. The van der Waals surface area contributed by atoms with E-state index in [1.165, 1.54) is 28.1 Å². The van der Waals surface area contributed by atoms with Crippen LogP contribution in [-0.2, 0) is 17.8 Å². The van der Waals surface area contributed by atoms with E-state index in [-0.39, 0.29) is 12.1 Å². The third-order valence-corrected chi connectivity index (χ3v) is 6.18. The van der Waals surface area contributed by atoms with Crippen molar-refractivity contribution >= 4 is 17.3 Å². The predicted molar refractivity (Wildman–Crippen MR) is 126 cm³/mol. The SMILES string of the molecule is Cc1ccc2c(c1)CN1CN2Cc2cc(-c3c(C)cccc3C(=O)OC(C)C)ccc21. The number of aryl methyl sites for hydroxylation is 2. The van der Waals surface area contributed by atoms with E-state index in [0.717, 1.165) is 36.4 Å². The van der Waals surface area contributed by atoms with Crippen molar-refractivity contribution in [1.82, 2.24) is 0 Å². The fourth-order valence-electron chi connectivity index (χ4n) is 4.86. The highest BCUT2D eigenvalue weighted by Crippen LogP contribution is 2.40. The van der Waals surface area contributed by atoms with Crippen molar-refractivity contribution < 1.29 is 9.53 Å². The third kappa shape index (κ3) is 3.46. The average molecular weight is 413 g/mol. The Labute approximate surface area is 184 Å². The van der Waals surface area contributed by atoms with Crippen molar-refractivity contribution in [1.29, 1.82) is 0 Å². The number of carbonyl (C=O) groups is 1. The van der Waals surface area contributed by atoms with E-state index < -0.39 is 0 Å². The zero-order valence-corrected chi connectivity index (χ0v) is 18.6. The second-order valence-corrected chi connectivity index (χ2v) is 8.96. The topological polar surface area (TPSA) is 32.8 Å². The molecule has 2 aliphatic heterocycles. The molecule has 0 unspecified atom stereocenters. The fraction of sp³-hybridized carbons (Fsp3) is 0.296. The van der Waals surface area contributed by atoms with Crippen molar-refractivity contribution in [3.05, 3.63) is 82.4 Å². The van der Waals surface area contributed by atoms with Gasteiger partial charge in [0.15, 0.2) is 0 Å². The average Bonchev–Trinajstić information content (AvgIpc) is 2.72. The van der Waals surface area contributed by atoms with Gasteiger partial charge >= 0.3 is 5.97 Å². The van der Waals surface area contributed by atoms with Crippen LogP contribution in [0, 0.1) is 13.8 Å². The molecule has 0 radical (unpaired) electrons. The minimum atomic E-state index is -0.264. The van der Waals surface area contributed by atoms with Crippen molar-refractivity contribution in [2.75, 3.05) is 16.5 Å². The lowest BCUT2D eigenvalue weighted by molar-refractivity contribution is 0.0378. The number of esters is 1. The molecule has 0 saturated carbocycles. The highest BCUT2D eigenvalue weighted by molar-refractivity contribution is 5.98. The second-order valence-electron chi connectivity index (χ2n) is 8.96. The van der Waals surface area contributed by atoms with Crippen LogP contribution in [0.5, 0.6) is 0 Å². The summed E-state index contributed by atoms with van der Waals surface area (Å²) >= 11 is 0. The Morgan fingerprint density at radius 1 is 0.903 bits per heavy atom. The van der Waals surface area contributed by atoms with E-state index >= 15 is 0 Å². The maximum Gasteiger partial charge on any atom is 0.339 e. The molecule has 3 aromatic carbocycles. The van der Waals surface area contributed by atoms with Crippen molar-refractivity contribution in [2.24, 2.45) is 0 Å². The highest BCUT2D eigenvalue weighted by atomic mass is 16.5. The molecule has 0 amide bonds. The minimum Gasteiger partial charge on any atom is -0.459 e. The van der Waals surface area contributed by atoms with E-state index in [1.807, 2.05) is 26.0 Å². The number of anilines is 2. The normalized spacial score (nSPS) is 14.4. The number of hydrogen-bond donors (Lipinski definition) is 0. The molecule has 2 aliphatic rings. The summed E-state index contributed by atoms with van der Waals surface area (Å²) in [6.07, 6.45) is -0.145. The Balaban J connectivity index is 1.55. The number of benzene rings is 3. The standard InChI is InChI=1S/C27H28N2O2/c1-17(2)31-27(30)23-7-5-6-19(4)26(23)20-9-11-25-22(13-20)15-29-16-28(25)14-21-12-18(3)8-10-24(21)29/h5-13,17H,14-16H2,1-4H3. The summed E-state index contributed by atoms with van der Waals surface area (Å²) in [5.74, 6) is -0.264. The summed E-state index contributed by atoms with van der Waals surface area (Å²) in [6, 6.07) is 19.2. The van der Waals surface area contributed by atoms with E-state index in [9.17, 15) is 4.79 Å². The van der Waals surface area contributed by atoms with Crippen LogP contribution in [0.4, 0.5) is 11.4 Å². The van der Waals surface area contributed by atoms with Gasteiger partial charge < -0.3 is 14.5 Å². The predicted octanol–water partition coefficient (Wildman–Crippen LogP) is 5.83. The second kappa shape index (κ2) is 7.45.